The molecule has 0 saturated heterocycles. The lowest BCUT2D eigenvalue weighted by molar-refractivity contribution is -0.117. The zero-order valence-electron chi connectivity index (χ0n) is 15.0. The normalized spacial score (nSPS) is 12.6. The second-order valence-electron chi connectivity index (χ2n) is 5.90. The Morgan fingerprint density at radius 1 is 1.46 bits per heavy atom. The molecule has 1 amide bonds. The molecule has 2 aromatic heterocycles. The third-order valence-electron chi connectivity index (χ3n) is 3.19. The van der Waals surface area contributed by atoms with Crippen molar-refractivity contribution >= 4 is 28.0 Å². The summed E-state index contributed by atoms with van der Waals surface area (Å²) in [6.45, 7) is 1.44. The number of hydrogen-bond donors (Lipinski definition) is 1. The molecule has 0 saturated carbocycles. The molecule has 0 aliphatic rings. The summed E-state index contributed by atoms with van der Waals surface area (Å²) in [6.07, 6.45) is 5.59. The molecular weight excluding hydrogens is 372 g/mol. The minimum atomic E-state index is -1.28. The van der Waals surface area contributed by atoms with Gasteiger partial charge in [-0.25, -0.2) is 0 Å². The first-order valence-corrected chi connectivity index (χ1v) is 10.6. The van der Waals surface area contributed by atoms with Crippen molar-refractivity contribution in [2.45, 2.75) is 18.7 Å². The van der Waals surface area contributed by atoms with E-state index >= 15 is 0 Å². The van der Waals surface area contributed by atoms with E-state index < -0.39 is 10.8 Å². The molecule has 2 heterocycles. The fraction of sp³-hybridized carbons (Fsp3) is 0.389. The van der Waals surface area contributed by atoms with Crippen LogP contribution in [0.15, 0.2) is 46.5 Å². The molecule has 2 rings (SSSR count). The molecule has 0 aromatic carbocycles. The molecule has 0 fully saturated rings. The topological polar surface area (TPSA) is 71.8 Å². The van der Waals surface area contributed by atoms with Gasteiger partial charge in [-0.3, -0.25) is 9.00 Å². The molecule has 0 aliphatic heterocycles. The average molecular weight is 397 g/mol. The molecule has 0 spiro atoms. The Bertz CT molecular complexity index is 723. The third-order valence-corrected chi connectivity index (χ3v) is 5.28. The van der Waals surface area contributed by atoms with E-state index in [0.717, 1.165) is 12.3 Å². The van der Waals surface area contributed by atoms with Gasteiger partial charge in [-0.2, -0.15) is 0 Å². The van der Waals surface area contributed by atoms with Crippen molar-refractivity contribution < 1.29 is 18.2 Å². The van der Waals surface area contributed by atoms with Crippen LogP contribution in [0.2, 0.25) is 0 Å². The average Bonchev–Trinajstić information content (AvgIpc) is 3.22. The van der Waals surface area contributed by atoms with Gasteiger partial charge in [0.1, 0.15) is 17.3 Å². The summed E-state index contributed by atoms with van der Waals surface area (Å²) < 4.78 is 22.6. The van der Waals surface area contributed by atoms with Gasteiger partial charge in [0, 0.05) is 34.0 Å². The van der Waals surface area contributed by atoms with E-state index in [2.05, 4.69) is 10.2 Å². The molecule has 8 heteroatoms. The van der Waals surface area contributed by atoms with Crippen LogP contribution in [0.4, 0.5) is 0 Å². The second kappa shape index (κ2) is 10.9. The van der Waals surface area contributed by atoms with Gasteiger partial charge in [0.05, 0.1) is 18.6 Å². The fourth-order valence-electron chi connectivity index (χ4n) is 2.10. The molecule has 1 unspecified atom stereocenters. The van der Waals surface area contributed by atoms with Crippen molar-refractivity contribution in [1.29, 1.82) is 0 Å². The maximum atomic E-state index is 11.8. The van der Waals surface area contributed by atoms with Crippen LogP contribution in [0.3, 0.4) is 0 Å². The van der Waals surface area contributed by atoms with Crippen molar-refractivity contribution in [2.24, 2.45) is 0 Å². The van der Waals surface area contributed by atoms with Crippen LogP contribution in [0.5, 0.6) is 5.75 Å². The quantitative estimate of drug-likeness (QED) is 0.592. The number of amides is 1. The highest BCUT2D eigenvalue weighted by Gasteiger charge is 2.09. The predicted octanol–water partition coefficient (Wildman–Crippen LogP) is 2.75. The van der Waals surface area contributed by atoms with E-state index in [1.807, 2.05) is 31.6 Å². The summed E-state index contributed by atoms with van der Waals surface area (Å²) in [5.41, 5.74) is 0. The first kappa shape index (κ1) is 20.4. The van der Waals surface area contributed by atoms with Crippen LogP contribution in [0, 0.1) is 0 Å². The molecule has 26 heavy (non-hydrogen) atoms. The standard InChI is InChI=1S/C18H24N2O4S2/c1-20(2)11-17-10-16(12-25-17)24-8-4-3-7-19-18(21)14-26(22)13-15-6-5-9-23-15/h3,5-7,9-10,12H,4,8,11,13-14H2,1-2H3,(H,19,21)/b7-3-. The summed E-state index contributed by atoms with van der Waals surface area (Å²) in [7, 11) is 2.79. The van der Waals surface area contributed by atoms with E-state index in [4.69, 9.17) is 9.15 Å². The Labute approximate surface area is 160 Å². The SMILES string of the molecule is CN(C)Cc1cc(OCC/C=C\NC(=O)CS(=O)Cc2ccco2)cs1. The number of hydrogen-bond acceptors (Lipinski definition) is 6. The number of nitrogens with zero attached hydrogens (tertiary/aromatic N) is 1. The Kier molecular flexibility index (Phi) is 8.60. The number of nitrogens with one attached hydrogen (secondary N) is 1. The maximum absolute atomic E-state index is 11.8. The first-order valence-electron chi connectivity index (χ1n) is 8.19. The zero-order chi connectivity index (χ0) is 18.8. The Hall–Kier alpha value is -1.90. The fourth-order valence-corrected chi connectivity index (χ4v) is 3.98. The van der Waals surface area contributed by atoms with Gasteiger partial charge in [0.15, 0.2) is 0 Å². The lowest BCUT2D eigenvalue weighted by atomic mass is 10.4. The highest BCUT2D eigenvalue weighted by atomic mass is 32.2. The van der Waals surface area contributed by atoms with Crippen LogP contribution >= 0.6 is 11.3 Å². The van der Waals surface area contributed by atoms with Gasteiger partial charge in [-0.05, 0) is 38.5 Å². The highest BCUT2D eigenvalue weighted by molar-refractivity contribution is 7.84. The van der Waals surface area contributed by atoms with Crippen LogP contribution in [0.25, 0.3) is 0 Å². The molecule has 0 aliphatic carbocycles. The van der Waals surface area contributed by atoms with Crippen molar-refractivity contribution in [3.63, 3.8) is 0 Å². The summed E-state index contributed by atoms with van der Waals surface area (Å²) >= 11 is 1.68. The Balaban J connectivity index is 1.57. The minimum absolute atomic E-state index is 0.0505. The van der Waals surface area contributed by atoms with E-state index in [9.17, 15) is 9.00 Å². The van der Waals surface area contributed by atoms with Crippen molar-refractivity contribution in [1.82, 2.24) is 10.2 Å². The third kappa shape index (κ3) is 7.99. The number of carbonyl (C=O) groups is 1. The number of rotatable bonds is 11. The van der Waals surface area contributed by atoms with Crippen LogP contribution in [-0.4, -0.2) is 41.5 Å². The van der Waals surface area contributed by atoms with Crippen LogP contribution < -0.4 is 10.1 Å². The predicted molar refractivity (Wildman–Crippen MR) is 105 cm³/mol. The largest absolute Gasteiger partial charge is 0.492 e. The lowest BCUT2D eigenvalue weighted by Gasteiger charge is -2.06. The molecule has 1 N–H and O–H groups in total. The summed E-state index contributed by atoms with van der Waals surface area (Å²) in [6, 6.07) is 5.52. The maximum Gasteiger partial charge on any atom is 0.236 e. The molecule has 6 nitrogen and oxygen atoms in total. The number of carbonyl (C=O) groups excluding carboxylic acids is 1. The first-order chi connectivity index (χ1) is 12.5. The van der Waals surface area contributed by atoms with Crippen molar-refractivity contribution in [3.8, 4) is 5.75 Å². The van der Waals surface area contributed by atoms with E-state index in [-0.39, 0.29) is 17.4 Å². The van der Waals surface area contributed by atoms with Crippen molar-refractivity contribution in [2.75, 3.05) is 26.5 Å². The van der Waals surface area contributed by atoms with Crippen LogP contribution in [0.1, 0.15) is 17.1 Å². The number of ether oxygens (including phenoxy) is 1. The van der Waals surface area contributed by atoms with E-state index in [1.54, 1.807) is 29.7 Å². The summed E-state index contributed by atoms with van der Waals surface area (Å²) in [5, 5.41) is 4.61. The monoisotopic (exact) mass is 396 g/mol. The Morgan fingerprint density at radius 3 is 3.04 bits per heavy atom. The van der Waals surface area contributed by atoms with Gasteiger partial charge in [0.2, 0.25) is 5.91 Å². The van der Waals surface area contributed by atoms with Crippen LogP contribution in [-0.2, 0) is 27.9 Å². The molecule has 142 valence electrons. The lowest BCUT2D eigenvalue weighted by Crippen LogP contribution is -2.24. The second-order valence-corrected chi connectivity index (χ2v) is 8.35. The van der Waals surface area contributed by atoms with Gasteiger partial charge >= 0.3 is 0 Å². The van der Waals surface area contributed by atoms with Gasteiger partial charge in [0.25, 0.3) is 0 Å². The zero-order valence-corrected chi connectivity index (χ0v) is 16.6. The van der Waals surface area contributed by atoms with Gasteiger partial charge in [-0.1, -0.05) is 6.08 Å². The smallest absolute Gasteiger partial charge is 0.236 e. The van der Waals surface area contributed by atoms with Gasteiger partial charge < -0.3 is 19.4 Å². The molecular formula is C18H24N2O4S2. The van der Waals surface area contributed by atoms with Crippen molar-refractivity contribution in [3.05, 3.63) is 52.8 Å². The molecule has 1 atom stereocenters. The molecule has 0 bridgehead atoms. The Morgan fingerprint density at radius 2 is 2.31 bits per heavy atom. The van der Waals surface area contributed by atoms with E-state index in [1.165, 1.54) is 11.1 Å². The minimum Gasteiger partial charge on any atom is -0.492 e. The summed E-state index contributed by atoms with van der Waals surface area (Å²) in [5.74, 6) is 1.40. The number of thiophene rings is 1. The highest BCUT2D eigenvalue weighted by Crippen LogP contribution is 2.22. The van der Waals surface area contributed by atoms with Gasteiger partial charge in [-0.15, -0.1) is 11.3 Å². The molecule has 0 radical (unpaired) electrons. The summed E-state index contributed by atoms with van der Waals surface area (Å²) in [4.78, 5) is 15.1. The molecule has 2 aromatic rings. The number of furan rings is 1. The van der Waals surface area contributed by atoms with E-state index in [0.29, 0.717) is 18.8 Å².